The first-order valence-corrected chi connectivity index (χ1v) is 5.34. The Morgan fingerprint density at radius 2 is 2.24 bits per heavy atom. The molecule has 86 valence electrons. The molecule has 0 aliphatic heterocycles. The standard InChI is InChI=1S/C14H12FNO/c1-3-14(17-2,13(10-16)7-8-13)11-5-4-6-12(15)9-11/h1,4-6,9H,7-8H2,2H3/t14-/m1/s1. The van der Waals surface area contributed by atoms with Crippen molar-refractivity contribution in [3.63, 3.8) is 0 Å². The Balaban J connectivity index is 2.58. The van der Waals surface area contributed by atoms with Crippen molar-refractivity contribution in [3.05, 3.63) is 35.6 Å². The minimum atomic E-state index is -1.15. The number of benzene rings is 1. The van der Waals surface area contributed by atoms with Gasteiger partial charge in [0, 0.05) is 12.7 Å². The van der Waals surface area contributed by atoms with Crippen LogP contribution in [0.2, 0.25) is 0 Å². The van der Waals surface area contributed by atoms with Crippen molar-refractivity contribution in [1.29, 1.82) is 5.26 Å². The number of nitrogens with zero attached hydrogens (tertiary/aromatic N) is 1. The zero-order valence-corrected chi connectivity index (χ0v) is 9.53. The molecular weight excluding hydrogens is 217 g/mol. The van der Waals surface area contributed by atoms with Gasteiger partial charge in [-0.1, -0.05) is 18.1 Å². The summed E-state index contributed by atoms with van der Waals surface area (Å²) < 4.78 is 18.7. The van der Waals surface area contributed by atoms with Crippen molar-refractivity contribution < 1.29 is 9.13 Å². The maximum atomic E-state index is 13.3. The monoisotopic (exact) mass is 229 g/mol. The second-order valence-corrected chi connectivity index (χ2v) is 4.23. The summed E-state index contributed by atoms with van der Waals surface area (Å²) in [7, 11) is 1.46. The van der Waals surface area contributed by atoms with E-state index in [0.717, 1.165) is 0 Å². The van der Waals surface area contributed by atoms with Crippen LogP contribution in [0.25, 0.3) is 0 Å². The largest absolute Gasteiger partial charge is 0.360 e. The van der Waals surface area contributed by atoms with Crippen LogP contribution in [0.1, 0.15) is 18.4 Å². The molecule has 0 unspecified atom stereocenters. The molecule has 2 rings (SSSR count). The summed E-state index contributed by atoms with van der Waals surface area (Å²) in [5.41, 5.74) is -1.34. The van der Waals surface area contributed by atoms with E-state index in [4.69, 9.17) is 11.2 Å². The molecule has 0 saturated heterocycles. The van der Waals surface area contributed by atoms with E-state index in [9.17, 15) is 9.65 Å². The Labute approximate surface area is 100 Å². The fourth-order valence-electron chi connectivity index (χ4n) is 2.24. The van der Waals surface area contributed by atoms with E-state index in [1.165, 1.54) is 19.2 Å². The van der Waals surface area contributed by atoms with Gasteiger partial charge in [-0.15, -0.1) is 6.42 Å². The number of terminal acetylenes is 1. The van der Waals surface area contributed by atoms with Gasteiger partial charge in [0.1, 0.15) is 11.2 Å². The summed E-state index contributed by atoms with van der Waals surface area (Å²) in [4.78, 5) is 0. The third kappa shape index (κ3) is 1.52. The summed E-state index contributed by atoms with van der Waals surface area (Å²) in [6.45, 7) is 0. The predicted octanol–water partition coefficient (Wildman–Crippen LogP) is 2.60. The molecule has 0 N–H and O–H groups in total. The lowest BCUT2D eigenvalue weighted by atomic mass is 9.79. The van der Waals surface area contributed by atoms with Gasteiger partial charge in [0.25, 0.3) is 0 Å². The van der Waals surface area contributed by atoms with Crippen LogP contribution in [-0.4, -0.2) is 7.11 Å². The molecule has 1 aliphatic carbocycles. The van der Waals surface area contributed by atoms with Crippen molar-refractivity contribution in [1.82, 2.24) is 0 Å². The van der Waals surface area contributed by atoms with Crippen LogP contribution >= 0.6 is 0 Å². The zero-order valence-electron chi connectivity index (χ0n) is 9.53. The van der Waals surface area contributed by atoms with E-state index in [-0.39, 0.29) is 5.82 Å². The third-order valence-electron chi connectivity index (χ3n) is 3.38. The SMILES string of the molecule is C#C[C@@](OC)(c1cccc(F)c1)C1(C#N)CC1. The minimum absolute atomic E-state index is 0.382. The summed E-state index contributed by atoms with van der Waals surface area (Å²) in [6, 6.07) is 8.17. The highest BCUT2D eigenvalue weighted by molar-refractivity contribution is 5.41. The molecule has 0 spiro atoms. The van der Waals surface area contributed by atoms with Crippen molar-refractivity contribution >= 4 is 0 Å². The second-order valence-electron chi connectivity index (χ2n) is 4.23. The lowest BCUT2D eigenvalue weighted by Crippen LogP contribution is -2.36. The van der Waals surface area contributed by atoms with Crippen molar-refractivity contribution in [2.75, 3.05) is 7.11 Å². The number of hydrogen-bond donors (Lipinski definition) is 0. The van der Waals surface area contributed by atoms with Crippen molar-refractivity contribution in [3.8, 4) is 18.4 Å². The topological polar surface area (TPSA) is 33.0 Å². The molecule has 1 aromatic carbocycles. The van der Waals surface area contributed by atoms with Crippen LogP contribution in [0, 0.1) is 34.9 Å². The maximum Gasteiger partial charge on any atom is 0.171 e. The molecule has 3 heteroatoms. The van der Waals surface area contributed by atoms with Crippen LogP contribution in [0.3, 0.4) is 0 Å². The van der Waals surface area contributed by atoms with Gasteiger partial charge in [0.05, 0.1) is 6.07 Å². The number of methoxy groups -OCH3 is 1. The van der Waals surface area contributed by atoms with Gasteiger partial charge in [-0.25, -0.2) is 4.39 Å². The van der Waals surface area contributed by atoms with Gasteiger partial charge >= 0.3 is 0 Å². The smallest absolute Gasteiger partial charge is 0.171 e. The Bertz CT molecular complexity index is 522. The fraction of sp³-hybridized carbons (Fsp3) is 0.357. The summed E-state index contributed by atoms with van der Waals surface area (Å²) in [6.07, 6.45) is 6.91. The molecule has 0 heterocycles. The lowest BCUT2D eigenvalue weighted by molar-refractivity contribution is -0.00586. The van der Waals surface area contributed by atoms with Gasteiger partial charge in [-0.3, -0.25) is 0 Å². The molecular formula is C14H12FNO. The fourth-order valence-corrected chi connectivity index (χ4v) is 2.24. The molecule has 0 radical (unpaired) electrons. The number of rotatable bonds is 3. The Morgan fingerprint density at radius 1 is 1.53 bits per heavy atom. The Hall–Kier alpha value is -1.84. The maximum absolute atomic E-state index is 13.3. The molecule has 1 atom stereocenters. The average molecular weight is 229 g/mol. The molecule has 0 aromatic heterocycles. The van der Waals surface area contributed by atoms with Crippen molar-refractivity contribution in [2.24, 2.45) is 5.41 Å². The molecule has 1 saturated carbocycles. The van der Waals surface area contributed by atoms with E-state index in [0.29, 0.717) is 18.4 Å². The minimum Gasteiger partial charge on any atom is -0.360 e. The van der Waals surface area contributed by atoms with Gasteiger partial charge in [-0.2, -0.15) is 5.26 Å². The first kappa shape index (κ1) is 11.6. The van der Waals surface area contributed by atoms with E-state index < -0.39 is 11.0 Å². The summed E-state index contributed by atoms with van der Waals surface area (Å²) in [5, 5.41) is 9.27. The summed E-state index contributed by atoms with van der Waals surface area (Å²) in [5.74, 6) is 2.17. The molecule has 0 amide bonds. The van der Waals surface area contributed by atoms with Crippen molar-refractivity contribution in [2.45, 2.75) is 18.4 Å². The van der Waals surface area contributed by atoms with Gasteiger partial charge < -0.3 is 4.74 Å². The van der Waals surface area contributed by atoms with Crippen LogP contribution in [0.5, 0.6) is 0 Å². The molecule has 2 nitrogen and oxygen atoms in total. The average Bonchev–Trinajstić information content (AvgIpc) is 3.13. The highest BCUT2D eigenvalue weighted by atomic mass is 19.1. The Kier molecular flexibility index (Phi) is 2.65. The molecule has 17 heavy (non-hydrogen) atoms. The molecule has 0 bridgehead atoms. The van der Waals surface area contributed by atoms with E-state index in [2.05, 4.69) is 12.0 Å². The highest BCUT2D eigenvalue weighted by Crippen LogP contribution is 2.59. The molecule has 1 aliphatic rings. The Morgan fingerprint density at radius 3 is 2.65 bits per heavy atom. The van der Waals surface area contributed by atoms with Gasteiger partial charge in [-0.05, 0) is 25.0 Å². The molecule has 1 aromatic rings. The van der Waals surface area contributed by atoms with E-state index in [1.807, 2.05) is 0 Å². The quantitative estimate of drug-likeness (QED) is 0.746. The van der Waals surface area contributed by atoms with E-state index >= 15 is 0 Å². The van der Waals surface area contributed by atoms with Crippen LogP contribution < -0.4 is 0 Å². The third-order valence-corrected chi connectivity index (χ3v) is 3.38. The number of halogens is 1. The first-order valence-electron chi connectivity index (χ1n) is 5.34. The summed E-state index contributed by atoms with van der Waals surface area (Å²) >= 11 is 0. The van der Waals surface area contributed by atoms with Crippen LogP contribution in [-0.2, 0) is 10.3 Å². The lowest BCUT2D eigenvalue weighted by Gasteiger charge is -2.32. The second kappa shape index (κ2) is 3.87. The first-order chi connectivity index (χ1) is 8.14. The number of ether oxygens (including phenoxy) is 1. The number of nitriles is 1. The van der Waals surface area contributed by atoms with E-state index in [1.54, 1.807) is 12.1 Å². The predicted molar refractivity (Wildman–Crippen MR) is 61.2 cm³/mol. The van der Waals surface area contributed by atoms with Gasteiger partial charge in [0.2, 0.25) is 0 Å². The normalized spacial score (nSPS) is 19.8. The van der Waals surface area contributed by atoms with Crippen LogP contribution in [0.15, 0.2) is 24.3 Å². The number of hydrogen-bond acceptors (Lipinski definition) is 2. The molecule has 1 fully saturated rings. The van der Waals surface area contributed by atoms with Gasteiger partial charge in [0.15, 0.2) is 5.60 Å². The van der Waals surface area contributed by atoms with Crippen LogP contribution in [0.4, 0.5) is 4.39 Å². The highest BCUT2D eigenvalue weighted by Gasteiger charge is 2.61. The zero-order chi connectivity index (χ0) is 12.5.